The summed E-state index contributed by atoms with van der Waals surface area (Å²) in [6.07, 6.45) is 0. The van der Waals surface area contributed by atoms with Crippen molar-refractivity contribution in [2.75, 3.05) is 5.32 Å². The van der Waals surface area contributed by atoms with Crippen molar-refractivity contribution in [3.8, 4) is 11.5 Å². The number of carbonyl (C=O) groups excluding carboxylic acids is 1. The molecule has 1 heterocycles. The van der Waals surface area contributed by atoms with E-state index >= 15 is 0 Å². The second-order valence-corrected chi connectivity index (χ2v) is 6.22. The summed E-state index contributed by atoms with van der Waals surface area (Å²) in [6, 6.07) is 13.8. The molecule has 1 aromatic heterocycles. The van der Waals surface area contributed by atoms with Crippen LogP contribution < -0.4 is 14.8 Å². The number of anilines is 1. The molecule has 0 atom stereocenters. The maximum absolute atomic E-state index is 12.5. The maximum atomic E-state index is 12.5. The van der Waals surface area contributed by atoms with Gasteiger partial charge in [0.25, 0.3) is 5.91 Å². The second kappa shape index (κ2) is 8.95. The van der Waals surface area contributed by atoms with Gasteiger partial charge < -0.3 is 19.2 Å². The number of alkyl halides is 2. The van der Waals surface area contributed by atoms with Crippen molar-refractivity contribution in [1.82, 2.24) is 0 Å². The minimum atomic E-state index is -3.01. The Bertz CT molecular complexity index is 978. The van der Waals surface area contributed by atoms with Gasteiger partial charge in [-0.25, -0.2) is 0 Å². The lowest BCUT2D eigenvalue weighted by molar-refractivity contribution is -0.0493. The standard InChI is InChI=1S/C19H13Cl2F2NO4/c20-12-4-3-7-15(17(12)21)26-10-11-8-9-16(27-11)18(25)24-13-5-1-2-6-14(13)28-19(22)23/h1-9,19H,10H2,(H,24,25). The lowest BCUT2D eigenvalue weighted by atomic mass is 10.3. The Labute approximate surface area is 168 Å². The van der Waals surface area contributed by atoms with Gasteiger partial charge in [0.05, 0.1) is 10.7 Å². The van der Waals surface area contributed by atoms with Gasteiger partial charge in [-0.1, -0.05) is 41.4 Å². The van der Waals surface area contributed by atoms with E-state index in [1.807, 2.05) is 0 Å². The molecule has 0 spiro atoms. The zero-order valence-corrected chi connectivity index (χ0v) is 15.6. The molecule has 3 aromatic rings. The van der Waals surface area contributed by atoms with Gasteiger partial charge in [-0.05, 0) is 36.4 Å². The molecule has 0 fully saturated rings. The lowest BCUT2D eigenvalue weighted by Gasteiger charge is -2.10. The summed E-state index contributed by atoms with van der Waals surface area (Å²) in [6.45, 7) is -3.00. The van der Waals surface area contributed by atoms with Crippen LogP contribution in [0.4, 0.5) is 14.5 Å². The Morgan fingerprint density at radius 2 is 1.79 bits per heavy atom. The number of amides is 1. The van der Waals surface area contributed by atoms with Crippen LogP contribution in [0.5, 0.6) is 11.5 Å². The van der Waals surface area contributed by atoms with Gasteiger partial charge in [-0.3, -0.25) is 4.79 Å². The molecule has 0 saturated heterocycles. The molecular weight excluding hydrogens is 415 g/mol. The van der Waals surface area contributed by atoms with E-state index in [1.165, 1.54) is 24.3 Å². The first kappa shape index (κ1) is 20.0. The van der Waals surface area contributed by atoms with E-state index in [1.54, 1.807) is 30.3 Å². The quantitative estimate of drug-likeness (QED) is 0.500. The molecule has 0 bridgehead atoms. The number of benzene rings is 2. The zero-order valence-electron chi connectivity index (χ0n) is 14.1. The number of nitrogens with one attached hydrogen (secondary N) is 1. The Morgan fingerprint density at radius 3 is 2.57 bits per heavy atom. The highest BCUT2D eigenvalue weighted by atomic mass is 35.5. The summed E-state index contributed by atoms with van der Waals surface area (Å²) < 4.78 is 40.2. The number of para-hydroxylation sites is 2. The SMILES string of the molecule is O=C(Nc1ccccc1OC(F)F)c1ccc(COc2cccc(Cl)c2Cl)o1. The van der Waals surface area contributed by atoms with Crippen molar-refractivity contribution in [2.24, 2.45) is 0 Å². The minimum absolute atomic E-state index is 0.0123. The molecule has 9 heteroatoms. The van der Waals surface area contributed by atoms with E-state index in [-0.39, 0.29) is 28.8 Å². The minimum Gasteiger partial charge on any atom is -0.484 e. The van der Waals surface area contributed by atoms with Crippen LogP contribution in [0.15, 0.2) is 59.0 Å². The fourth-order valence-corrected chi connectivity index (χ4v) is 2.62. The van der Waals surface area contributed by atoms with E-state index in [2.05, 4.69) is 10.1 Å². The summed E-state index contributed by atoms with van der Waals surface area (Å²) >= 11 is 12.0. The van der Waals surface area contributed by atoms with E-state index < -0.39 is 12.5 Å². The van der Waals surface area contributed by atoms with E-state index in [4.69, 9.17) is 32.4 Å². The van der Waals surface area contributed by atoms with Crippen LogP contribution in [0.2, 0.25) is 10.0 Å². The first-order chi connectivity index (χ1) is 13.4. The molecule has 5 nitrogen and oxygen atoms in total. The Hall–Kier alpha value is -2.77. The van der Waals surface area contributed by atoms with E-state index in [0.29, 0.717) is 16.5 Å². The largest absolute Gasteiger partial charge is 0.484 e. The number of hydrogen-bond acceptors (Lipinski definition) is 4. The first-order valence-corrected chi connectivity index (χ1v) is 8.70. The van der Waals surface area contributed by atoms with Crippen molar-refractivity contribution < 1.29 is 27.5 Å². The summed E-state index contributed by atoms with van der Waals surface area (Å²) in [4.78, 5) is 12.3. The molecule has 1 amide bonds. The molecule has 0 aliphatic heterocycles. The van der Waals surface area contributed by atoms with Crippen molar-refractivity contribution >= 4 is 34.8 Å². The molecule has 0 radical (unpaired) electrons. The Morgan fingerprint density at radius 1 is 1.04 bits per heavy atom. The molecule has 0 aliphatic rings. The van der Waals surface area contributed by atoms with Gasteiger partial charge in [0.15, 0.2) is 5.76 Å². The number of ether oxygens (including phenoxy) is 2. The molecule has 0 aliphatic carbocycles. The second-order valence-electron chi connectivity index (χ2n) is 5.44. The number of halogens is 4. The molecule has 1 N–H and O–H groups in total. The Balaban J connectivity index is 1.65. The normalized spacial score (nSPS) is 10.8. The molecule has 0 saturated carbocycles. The van der Waals surface area contributed by atoms with Crippen LogP contribution in [-0.4, -0.2) is 12.5 Å². The maximum Gasteiger partial charge on any atom is 0.387 e. The highest BCUT2D eigenvalue weighted by molar-refractivity contribution is 6.42. The van der Waals surface area contributed by atoms with Crippen LogP contribution in [0.25, 0.3) is 0 Å². The first-order valence-electron chi connectivity index (χ1n) is 7.95. The zero-order chi connectivity index (χ0) is 20.1. The number of carbonyl (C=O) groups is 1. The van der Waals surface area contributed by atoms with E-state index in [0.717, 1.165) is 0 Å². The number of rotatable bonds is 7. The van der Waals surface area contributed by atoms with Crippen LogP contribution in [0, 0.1) is 0 Å². The van der Waals surface area contributed by atoms with Crippen molar-refractivity contribution in [3.63, 3.8) is 0 Å². The monoisotopic (exact) mass is 427 g/mol. The predicted molar refractivity (Wildman–Crippen MR) is 101 cm³/mol. The average Bonchev–Trinajstić information content (AvgIpc) is 3.13. The average molecular weight is 428 g/mol. The van der Waals surface area contributed by atoms with Crippen LogP contribution in [0.1, 0.15) is 16.3 Å². The molecule has 28 heavy (non-hydrogen) atoms. The fraction of sp³-hybridized carbons (Fsp3) is 0.105. The molecule has 3 rings (SSSR count). The van der Waals surface area contributed by atoms with Crippen molar-refractivity contribution in [1.29, 1.82) is 0 Å². The van der Waals surface area contributed by atoms with Gasteiger partial charge in [-0.2, -0.15) is 8.78 Å². The van der Waals surface area contributed by atoms with Gasteiger partial charge in [0.1, 0.15) is 28.9 Å². The van der Waals surface area contributed by atoms with Gasteiger partial charge in [-0.15, -0.1) is 0 Å². The van der Waals surface area contributed by atoms with Crippen molar-refractivity contribution in [3.05, 3.63) is 76.2 Å². The van der Waals surface area contributed by atoms with Crippen LogP contribution in [-0.2, 0) is 6.61 Å². The lowest BCUT2D eigenvalue weighted by Crippen LogP contribution is -2.13. The summed E-state index contributed by atoms with van der Waals surface area (Å²) in [5.74, 6) is -0.0792. The number of hydrogen-bond donors (Lipinski definition) is 1. The van der Waals surface area contributed by atoms with Gasteiger partial charge in [0, 0.05) is 0 Å². The Kier molecular flexibility index (Phi) is 6.38. The van der Waals surface area contributed by atoms with Gasteiger partial charge in [0.2, 0.25) is 0 Å². The van der Waals surface area contributed by atoms with Gasteiger partial charge >= 0.3 is 6.61 Å². The highest BCUT2D eigenvalue weighted by Gasteiger charge is 2.16. The summed E-state index contributed by atoms with van der Waals surface area (Å²) in [5.41, 5.74) is 0.0905. The third-order valence-corrected chi connectivity index (χ3v) is 4.32. The predicted octanol–water partition coefficient (Wildman–Crippen LogP) is 6.02. The molecule has 2 aromatic carbocycles. The topological polar surface area (TPSA) is 60.7 Å². The summed E-state index contributed by atoms with van der Waals surface area (Å²) in [5, 5.41) is 3.08. The molecular formula is C19H13Cl2F2NO4. The molecule has 0 unspecified atom stereocenters. The third kappa shape index (κ3) is 4.94. The number of furan rings is 1. The highest BCUT2D eigenvalue weighted by Crippen LogP contribution is 2.32. The van der Waals surface area contributed by atoms with Crippen LogP contribution in [0.3, 0.4) is 0 Å². The summed E-state index contributed by atoms with van der Waals surface area (Å²) in [7, 11) is 0. The van der Waals surface area contributed by atoms with Crippen molar-refractivity contribution in [2.45, 2.75) is 13.2 Å². The molecule has 146 valence electrons. The van der Waals surface area contributed by atoms with Crippen LogP contribution >= 0.6 is 23.2 Å². The smallest absolute Gasteiger partial charge is 0.387 e. The van der Waals surface area contributed by atoms with E-state index in [9.17, 15) is 13.6 Å². The fourth-order valence-electron chi connectivity index (χ4n) is 2.27. The third-order valence-electron chi connectivity index (χ3n) is 3.52.